The summed E-state index contributed by atoms with van der Waals surface area (Å²) in [5.74, 6) is -1.14. The Kier molecular flexibility index (Phi) is 5.57. The molecule has 33 heavy (non-hydrogen) atoms. The molecule has 4 aromatic rings. The second kappa shape index (κ2) is 8.11. The lowest BCUT2D eigenvalue weighted by Gasteiger charge is -2.10. The van der Waals surface area contributed by atoms with Crippen LogP contribution in [0.2, 0.25) is 0 Å². The average Bonchev–Trinajstić information content (AvgIpc) is 3.17. The van der Waals surface area contributed by atoms with Crippen LogP contribution in [-0.4, -0.2) is 23.4 Å². The van der Waals surface area contributed by atoms with Gasteiger partial charge in [0.15, 0.2) is 5.78 Å². The van der Waals surface area contributed by atoms with Crippen molar-refractivity contribution in [3.8, 4) is 0 Å². The van der Waals surface area contributed by atoms with Crippen LogP contribution in [-0.2, 0) is 22.6 Å². The Bertz CT molecular complexity index is 1470. The van der Waals surface area contributed by atoms with Crippen molar-refractivity contribution >= 4 is 26.7 Å². The van der Waals surface area contributed by atoms with Crippen LogP contribution in [0.1, 0.15) is 27.0 Å². The van der Waals surface area contributed by atoms with Gasteiger partial charge in [0.1, 0.15) is 5.82 Å². The molecule has 0 bridgehead atoms. The number of hydrogen-bond acceptors (Lipinski definition) is 4. The number of ketones is 1. The number of hydrogen-bond donors (Lipinski definition) is 0. The first kappa shape index (κ1) is 22.7. The van der Waals surface area contributed by atoms with Gasteiger partial charge in [-0.05, 0) is 48.4 Å². The van der Waals surface area contributed by atoms with Crippen LogP contribution >= 0.6 is 0 Å². The fourth-order valence-corrected chi connectivity index (χ4v) is 4.85. The summed E-state index contributed by atoms with van der Waals surface area (Å²) >= 11 is 0. The van der Waals surface area contributed by atoms with E-state index in [1.54, 1.807) is 19.1 Å². The van der Waals surface area contributed by atoms with Gasteiger partial charge in [0.25, 0.3) is 10.0 Å². The van der Waals surface area contributed by atoms with Gasteiger partial charge < -0.3 is 0 Å². The molecule has 0 aliphatic rings. The van der Waals surface area contributed by atoms with E-state index in [9.17, 15) is 30.8 Å². The number of fused-ring (bicyclic) bond motifs is 1. The van der Waals surface area contributed by atoms with Crippen LogP contribution in [0.15, 0.2) is 71.8 Å². The van der Waals surface area contributed by atoms with E-state index in [0.29, 0.717) is 26.7 Å². The molecule has 0 unspecified atom stereocenters. The normalized spacial score (nSPS) is 12.3. The third-order valence-corrected chi connectivity index (χ3v) is 6.75. The number of halogens is 4. The number of nitrogens with zero attached hydrogens (tertiary/aromatic N) is 2. The van der Waals surface area contributed by atoms with Gasteiger partial charge in [0, 0.05) is 11.8 Å². The van der Waals surface area contributed by atoms with E-state index in [-0.39, 0.29) is 17.5 Å². The molecule has 0 saturated carbocycles. The Hall–Kier alpha value is -3.53. The van der Waals surface area contributed by atoms with E-state index < -0.39 is 38.3 Å². The first-order valence-electron chi connectivity index (χ1n) is 9.66. The molecule has 0 N–H and O–H groups in total. The zero-order valence-corrected chi connectivity index (χ0v) is 17.9. The number of alkyl halides is 3. The van der Waals surface area contributed by atoms with Crippen LogP contribution in [0.3, 0.4) is 0 Å². The number of aryl methyl sites for hydroxylation is 1. The Labute approximate surface area is 186 Å². The van der Waals surface area contributed by atoms with Gasteiger partial charge in [-0.25, -0.2) is 4.39 Å². The Balaban J connectivity index is 1.74. The molecule has 0 atom stereocenters. The Morgan fingerprint density at radius 1 is 1.03 bits per heavy atom. The maximum absolute atomic E-state index is 14.1. The number of carbonyl (C=O) groups excluding carboxylic acids is 1. The Morgan fingerprint density at radius 3 is 2.45 bits per heavy atom. The van der Waals surface area contributed by atoms with E-state index in [1.165, 1.54) is 30.5 Å². The largest absolute Gasteiger partial charge is 0.416 e. The van der Waals surface area contributed by atoms with Crippen LogP contribution in [0.25, 0.3) is 10.9 Å². The smallest absolute Gasteiger partial charge is 0.294 e. The molecular weight excluding hydrogens is 460 g/mol. The lowest BCUT2D eigenvalue weighted by atomic mass is 9.98. The number of rotatable bonds is 5. The summed E-state index contributed by atoms with van der Waals surface area (Å²) in [6.45, 7) is 1.61. The van der Waals surface area contributed by atoms with E-state index in [1.807, 2.05) is 0 Å². The molecule has 10 heteroatoms. The van der Waals surface area contributed by atoms with Gasteiger partial charge in [-0.3, -0.25) is 4.79 Å². The highest BCUT2D eigenvalue weighted by atomic mass is 32.2. The van der Waals surface area contributed by atoms with Gasteiger partial charge >= 0.3 is 6.18 Å². The number of carbonyl (C=O) groups is 1. The predicted octanol–water partition coefficient (Wildman–Crippen LogP) is 5.17. The van der Waals surface area contributed by atoms with Crippen molar-refractivity contribution in [1.82, 2.24) is 9.19 Å². The van der Waals surface area contributed by atoms with Gasteiger partial charge in [0.2, 0.25) is 0 Å². The Morgan fingerprint density at radius 2 is 1.76 bits per heavy atom. The van der Waals surface area contributed by atoms with Crippen LogP contribution in [0, 0.1) is 12.7 Å². The summed E-state index contributed by atoms with van der Waals surface area (Å²) in [6, 6.07) is 12.2. The monoisotopic (exact) mass is 476 g/mol. The van der Waals surface area contributed by atoms with Crippen molar-refractivity contribution in [3.05, 3.63) is 94.9 Å². The lowest BCUT2D eigenvalue weighted by Crippen LogP contribution is -2.16. The molecule has 3 aromatic carbocycles. The minimum absolute atomic E-state index is 0.0531. The number of aromatic nitrogens is 2. The second-order valence-electron chi connectivity index (χ2n) is 7.44. The van der Waals surface area contributed by atoms with Crippen LogP contribution in [0.4, 0.5) is 17.6 Å². The zero-order valence-electron chi connectivity index (χ0n) is 17.1. The average molecular weight is 476 g/mol. The van der Waals surface area contributed by atoms with Crippen LogP contribution < -0.4 is 0 Å². The molecule has 0 spiro atoms. The van der Waals surface area contributed by atoms with Gasteiger partial charge in [-0.2, -0.15) is 30.8 Å². The van der Waals surface area contributed by atoms with E-state index in [0.717, 1.165) is 18.2 Å². The van der Waals surface area contributed by atoms with Crippen molar-refractivity contribution in [2.45, 2.75) is 24.4 Å². The summed E-state index contributed by atoms with van der Waals surface area (Å²) in [4.78, 5) is 12.1. The topological polar surface area (TPSA) is 69.0 Å². The van der Waals surface area contributed by atoms with Crippen molar-refractivity contribution in [3.63, 3.8) is 0 Å². The molecule has 4 rings (SSSR count). The third kappa shape index (κ3) is 4.25. The molecular formula is C23H16F4N2O3S. The summed E-state index contributed by atoms with van der Waals surface area (Å²) < 4.78 is 80.0. The van der Waals surface area contributed by atoms with Gasteiger partial charge in [0.05, 0.1) is 27.7 Å². The second-order valence-corrected chi connectivity index (χ2v) is 9.21. The van der Waals surface area contributed by atoms with Crippen molar-refractivity contribution in [2.75, 3.05) is 0 Å². The van der Waals surface area contributed by atoms with Crippen molar-refractivity contribution in [1.29, 1.82) is 0 Å². The highest BCUT2D eigenvalue weighted by Gasteiger charge is 2.32. The maximum Gasteiger partial charge on any atom is 0.416 e. The van der Waals surface area contributed by atoms with Crippen LogP contribution in [0.5, 0.6) is 0 Å². The molecule has 0 fully saturated rings. The quantitative estimate of drug-likeness (QED) is 0.295. The summed E-state index contributed by atoms with van der Waals surface area (Å²) in [6.07, 6.45) is -3.66. The molecule has 1 heterocycles. The molecule has 0 radical (unpaired) electrons. The lowest BCUT2D eigenvalue weighted by molar-refractivity contribution is -0.137. The predicted molar refractivity (Wildman–Crippen MR) is 113 cm³/mol. The standard InChI is InChI=1S/C23H16F4N2O3S/c1-14-4-2-7-19(24)22(14)21(30)11-15-8-9-16-13-28-29(20(16)10-15)33(31,32)18-6-3-5-17(12-18)23(25,26)27/h2-10,12-13H,11H2,1H3. The molecule has 0 aliphatic carbocycles. The number of benzene rings is 3. The first-order valence-corrected chi connectivity index (χ1v) is 11.1. The van der Waals surface area contributed by atoms with Crippen molar-refractivity contribution < 1.29 is 30.8 Å². The molecule has 0 amide bonds. The SMILES string of the molecule is Cc1cccc(F)c1C(=O)Cc1ccc2cnn(S(=O)(=O)c3cccc(C(F)(F)F)c3)c2c1. The third-order valence-electron chi connectivity index (χ3n) is 5.15. The van der Waals surface area contributed by atoms with E-state index in [4.69, 9.17) is 0 Å². The zero-order chi connectivity index (χ0) is 24.0. The maximum atomic E-state index is 14.1. The van der Waals surface area contributed by atoms with Crippen molar-refractivity contribution in [2.24, 2.45) is 0 Å². The molecule has 1 aromatic heterocycles. The fraction of sp³-hybridized carbons (Fsp3) is 0.130. The minimum Gasteiger partial charge on any atom is -0.294 e. The highest BCUT2D eigenvalue weighted by molar-refractivity contribution is 7.90. The van der Waals surface area contributed by atoms with E-state index in [2.05, 4.69) is 5.10 Å². The molecule has 0 saturated heterocycles. The summed E-state index contributed by atoms with van der Waals surface area (Å²) in [5, 5.41) is 4.25. The fourth-order valence-electron chi connectivity index (χ4n) is 3.53. The summed E-state index contributed by atoms with van der Waals surface area (Å²) in [7, 11) is -4.46. The van der Waals surface area contributed by atoms with Gasteiger partial charge in [-0.1, -0.05) is 30.3 Å². The molecule has 0 aliphatic heterocycles. The summed E-state index contributed by atoms with van der Waals surface area (Å²) in [5.41, 5.74) is -0.202. The highest BCUT2D eigenvalue weighted by Crippen LogP contribution is 2.31. The first-order chi connectivity index (χ1) is 15.5. The minimum atomic E-state index is -4.71. The molecule has 170 valence electrons. The number of Topliss-reactive ketones (excluding diaryl/α,β-unsaturated/α-hetero) is 1. The van der Waals surface area contributed by atoms with Gasteiger partial charge in [-0.15, -0.1) is 0 Å². The molecule has 5 nitrogen and oxygen atoms in total. The van der Waals surface area contributed by atoms with E-state index >= 15 is 0 Å².